The van der Waals surface area contributed by atoms with Crippen molar-refractivity contribution in [1.82, 2.24) is 4.98 Å². The lowest BCUT2D eigenvalue weighted by Crippen LogP contribution is -2.26. The summed E-state index contributed by atoms with van der Waals surface area (Å²) in [5.74, 6) is -1.22. The molecule has 3 aromatic rings. The first-order valence-corrected chi connectivity index (χ1v) is 10.6. The number of hydrogen-bond acceptors (Lipinski definition) is 4. The van der Waals surface area contributed by atoms with E-state index in [0.717, 1.165) is 5.56 Å². The van der Waals surface area contributed by atoms with E-state index in [4.69, 9.17) is 23.2 Å². The van der Waals surface area contributed by atoms with Crippen molar-refractivity contribution in [2.45, 2.75) is 26.2 Å². The van der Waals surface area contributed by atoms with Crippen molar-refractivity contribution < 1.29 is 14.7 Å². The minimum Gasteiger partial charge on any atom is -0.480 e. The molecule has 0 spiro atoms. The van der Waals surface area contributed by atoms with E-state index < -0.39 is 12.5 Å². The maximum Gasteiger partial charge on any atom is 0.323 e. The lowest BCUT2D eigenvalue weighted by atomic mass is 9.87. The molecule has 0 saturated carbocycles. The lowest BCUT2D eigenvalue weighted by Gasteiger charge is -2.24. The Morgan fingerprint density at radius 1 is 1.03 bits per heavy atom. The van der Waals surface area contributed by atoms with Gasteiger partial charge in [0.1, 0.15) is 6.54 Å². The van der Waals surface area contributed by atoms with Crippen molar-refractivity contribution in [3.8, 4) is 0 Å². The van der Waals surface area contributed by atoms with Gasteiger partial charge in [-0.2, -0.15) is 0 Å². The van der Waals surface area contributed by atoms with Gasteiger partial charge in [-0.05, 0) is 53.4 Å². The van der Waals surface area contributed by atoms with Crippen LogP contribution in [0.25, 0.3) is 0 Å². The molecule has 2 aromatic carbocycles. The van der Waals surface area contributed by atoms with Crippen LogP contribution in [0.1, 0.15) is 36.7 Å². The third-order valence-corrected chi connectivity index (χ3v) is 5.41. The third kappa shape index (κ3) is 5.58. The molecule has 0 aliphatic rings. The molecule has 0 aliphatic heterocycles. The fourth-order valence-corrected chi connectivity index (χ4v) is 3.55. The molecular formula is C24H23Cl2N3O3. The number of carbonyl (C=O) groups is 2. The van der Waals surface area contributed by atoms with E-state index >= 15 is 0 Å². The Kier molecular flexibility index (Phi) is 7.06. The average molecular weight is 472 g/mol. The van der Waals surface area contributed by atoms with Crippen molar-refractivity contribution in [2.24, 2.45) is 0 Å². The van der Waals surface area contributed by atoms with Crippen LogP contribution >= 0.6 is 23.2 Å². The molecule has 0 atom stereocenters. The van der Waals surface area contributed by atoms with E-state index in [1.165, 1.54) is 17.2 Å². The zero-order valence-corrected chi connectivity index (χ0v) is 19.4. The number of rotatable bonds is 6. The molecule has 0 radical (unpaired) electrons. The minimum atomic E-state index is -1.10. The summed E-state index contributed by atoms with van der Waals surface area (Å²) < 4.78 is 0. The Morgan fingerprint density at radius 2 is 1.72 bits per heavy atom. The summed E-state index contributed by atoms with van der Waals surface area (Å²) >= 11 is 12.6. The van der Waals surface area contributed by atoms with Crippen molar-refractivity contribution in [3.05, 3.63) is 82.0 Å². The van der Waals surface area contributed by atoms with Crippen molar-refractivity contribution in [2.75, 3.05) is 16.8 Å². The molecule has 0 unspecified atom stereocenters. The van der Waals surface area contributed by atoms with Gasteiger partial charge in [-0.1, -0.05) is 56.1 Å². The number of hydrogen-bond donors (Lipinski definition) is 2. The molecule has 32 heavy (non-hydrogen) atoms. The molecule has 6 nitrogen and oxygen atoms in total. The highest BCUT2D eigenvalue weighted by Crippen LogP contribution is 2.35. The Morgan fingerprint density at radius 3 is 2.31 bits per heavy atom. The van der Waals surface area contributed by atoms with E-state index in [0.29, 0.717) is 16.9 Å². The second-order valence-corrected chi connectivity index (χ2v) is 9.05. The fourth-order valence-electron chi connectivity index (χ4n) is 3.10. The molecule has 2 N–H and O–H groups in total. The van der Waals surface area contributed by atoms with Crippen molar-refractivity contribution in [1.29, 1.82) is 0 Å². The first-order valence-electron chi connectivity index (χ1n) is 9.87. The zero-order chi connectivity index (χ0) is 23.5. The van der Waals surface area contributed by atoms with Gasteiger partial charge in [-0.3, -0.25) is 9.59 Å². The van der Waals surface area contributed by atoms with Gasteiger partial charge in [0.05, 0.1) is 15.7 Å². The monoisotopic (exact) mass is 471 g/mol. The van der Waals surface area contributed by atoms with Crippen LogP contribution < -0.4 is 10.2 Å². The van der Waals surface area contributed by atoms with Crippen molar-refractivity contribution in [3.63, 3.8) is 0 Å². The number of benzene rings is 2. The fraction of sp³-hybridized carbons (Fsp3) is 0.208. The van der Waals surface area contributed by atoms with Crippen LogP contribution in [-0.2, 0) is 10.2 Å². The summed E-state index contributed by atoms with van der Waals surface area (Å²) in [6, 6.07) is 15.5. The van der Waals surface area contributed by atoms with E-state index in [9.17, 15) is 14.7 Å². The Balaban J connectivity index is 1.92. The molecule has 3 rings (SSSR count). The smallest absolute Gasteiger partial charge is 0.323 e. The summed E-state index contributed by atoms with van der Waals surface area (Å²) in [4.78, 5) is 29.9. The zero-order valence-electron chi connectivity index (χ0n) is 17.9. The van der Waals surface area contributed by atoms with Gasteiger partial charge in [0, 0.05) is 17.4 Å². The quantitative estimate of drug-likeness (QED) is 0.449. The van der Waals surface area contributed by atoms with E-state index in [1.54, 1.807) is 24.3 Å². The Labute approximate surface area is 196 Å². The van der Waals surface area contributed by atoms with E-state index in [1.807, 2.05) is 24.3 Å². The molecule has 1 amide bonds. The lowest BCUT2D eigenvalue weighted by molar-refractivity contribution is -0.135. The number of nitrogens with zero attached hydrogens (tertiary/aromatic N) is 2. The van der Waals surface area contributed by atoms with Crippen LogP contribution in [0.5, 0.6) is 0 Å². The van der Waals surface area contributed by atoms with Crippen LogP contribution in [0, 0.1) is 0 Å². The van der Waals surface area contributed by atoms with Crippen LogP contribution in [-0.4, -0.2) is 28.5 Å². The minimum absolute atomic E-state index is 0.00790. The van der Waals surface area contributed by atoms with Gasteiger partial charge in [0.15, 0.2) is 5.82 Å². The first kappa shape index (κ1) is 23.6. The number of carboxylic acid groups (broad SMARTS) is 1. The standard InChI is InChI=1S/C24H23Cl2N3O3/c1-24(2,3)16-7-9-17(10-8-16)28-23(32)15-6-11-18(25)20(13-15)29(14-21(30)31)22-19(26)5-4-12-27-22/h4-13H,14H2,1-3H3,(H,28,32)(H,30,31). The number of carboxylic acids is 1. The van der Waals surface area contributed by atoms with Crippen LogP contribution in [0.2, 0.25) is 10.0 Å². The SMILES string of the molecule is CC(C)(C)c1ccc(NC(=O)c2ccc(Cl)c(N(CC(=O)O)c3ncccc3Cl)c2)cc1. The summed E-state index contributed by atoms with van der Waals surface area (Å²) in [7, 11) is 0. The number of carbonyl (C=O) groups excluding carboxylic acids is 1. The molecule has 166 valence electrons. The predicted molar refractivity (Wildman–Crippen MR) is 128 cm³/mol. The van der Waals surface area contributed by atoms with Gasteiger partial charge in [0.2, 0.25) is 0 Å². The third-order valence-electron chi connectivity index (χ3n) is 4.80. The molecule has 1 heterocycles. The maximum absolute atomic E-state index is 12.9. The number of pyridine rings is 1. The molecular weight excluding hydrogens is 449 g/mol. The second kappa shape index (κ2) is 9.59. The van der Waals surface area contributed by atoms with Crippen LogP contribution in [0.4, 0.5) is 17.2 Å². The number of anilines is 3. The second-order valence-electron chi connectivity index (χ2n) is 8.24. The molecule has 0 saturated heterocycles. The number of halogens is 2. The maximum atomic E-state index is 12.9. The largest absolute Gasteiger partial charge is 0.480 e. The van der Waals surface area contributed by atoms with Crippen molar-refractivity contribution >= 4 is 52.3 Å². The van der Waals surface area contributed by atoms with Gasteiger partial charge in [0.25, 0.3) is 5.91 Å². The highest BCUT2D eigenvalue weighted by atomic mass is 35.5. The highest BCUT2D eigenvalue weighted by Gasteiger charge is 2.21. The Hall–Kier alpha value is -3.09. The summed E-state index contributed by atoms with van der Waals surface area (Å²) in [5, 5.41) is 12.8. The molecule has 0 aliphatic carbocycles. The van der Waals surface area contributed by atoms with Gasteiger partial charge in [-0.15, -0.1) is 0 Å². The molecule has 8 heteroatoms. The van der Waals surface area contributed by atoms with Gasteiger partial charge in [-0.25, -0.2) is 4.98 Å². The summed E-state index contributed by atoms with van der Waals surface area (Å²) in [6.45, 7) is 5.92. The van der Waals surface area contributed by atoms with Gasteiger partial charge >= 0.3 is 5.97 Å². The molecule has 0 bridgehead atoms. The number of aliphatic carboxylic acids is 1. The Bertz CT molecular complexity index is 1140. The first-order chi connectivity index (χ1) is 15.1. The van der Waals surface area contributed by atoms with Gasteiger partial charge < -0.3 is 15.3 Å². The van der Waals surface area contributed by atoms with Crippen LogP contribution in [0.3, 0.4) is 0 Å². The highest BCUT2D eigenvalue weighted by molar-refractivity contribution is 6.35. The predicted octanol–water partition coefficient (Wildman–Crippen LogP) is 6.16. The van der Waals surface area contributed by atoms with Crippen LogP contribution in [0.15, 0.2) is 60.8 Å². The normalized spacial score (nSPS) is 11.2. The average Bonchev–Trinajstić information content (AvgIpc) is 2.72. The van der Waals surface area contributed by atoms with E-state index in [-0.39, 0.29) is 27.2 Å². The summed E-state index contributed by atoms with van der Waals surface area (Å²) in [5.41, 5.74) is 2.43. The van der Waals surface area contributed by atoms with E-state index in [2.05, 4.69) is 31.1 Å². The number of amides is 1. The topological polar surface area (TPSA) is 82.5 Å². The molecule has 0 fully saturated rings. The number of nitrogens with one attached hydrogen (secondary N) is 1. The molecule has 1 aromatic heterocycles. The summed E-state index contributed by atoms with van der Waals surface area (Å²) in [6.07, 6.45) is 1.50. The number of aromatic nitrogens is 1.